The Balaban J connectivity index is 0.000000815. The molecular weight excluding hydrogens is 739 g/mol. The molecule has 0 saturated carbocycles. The van der Waals surface area contributed by atoms with E-state index in [1.54, 1.807) is 41.3 Å². The van der Waals surface area contributed by atoms with Crippen LogP contribution in [0.3, 0.4) is 0 Å². The molecule has 0 radical (unpaired) electrons. The van der Waals surface area contributed by atoms with Gasteiger partial charge in [0.25, 0.3) is 5.91 Å². The zero-order valence-corrected chi connectivity index (χ0v) is 30.7. The summed E-state index contributed by atoms with van der Waals surface area (Å²) < 4.78 is 45.0. The molecule has 2 N–H and O–H groups in total. The lowest BCUT2D eigenvalue weighted by Crippen LogP contribution is -2.45. The van der Waals surface area contributed by atoms with E-state index in [9.17, 15) is 31.9 Å². The van der Waals surface area contributed by atoms with Crippen molar-refractivity contribution in [2.45, 2.75) is 51.6 Å². The minimum Gasteiger partial charge on any atom is -0.475 e. The Morgan fingerprint density at radius 2 is 1.47 bits per heavy atom. The molecular formula is C38H42Cl2F4N4O5. The van der Waals surface area contributed by atoms with Crippen molar-refractivity contribution in [3.63, 3.8) is 0 Å². The summed E-state index contributed by atoms with van der Waals surface area (Å²) in [7, 11) is 0. The Labute approximate surface area is 315 Å². The highest BCUT2D eigenvalue weighted by Gasteiger charge is 2.38. The molecule has 2 aliphatic heterocycles. The molecule has 2 heterocycles. The number of likely N-dealkylation sites (tertiary alicyclic amines) is 2. The minimum atomic E-state index is -5.08. The van der Waals surface area contributed by atoms with Crippen LogP contribution in [0.25, 0.3) is 0 Å². The van der Waals surface area contributed by atoms with Crippen LogP contribution in [-0.4, -0.2) is 84.0 Å². The van der Waals surface area contributed by atoms with Crippen LogP contribution in [0.5, 0.6) is 0 Å². The topological polar surface area (TPSA) is 110 Å². The van der Waals surface area contributed by atoms with E-state index in [1.165, 1.54) is 24.6 Å². The fraction of sp³-hybridized carbons (Fsp3) is 0.421. The number of halogens is 6. The summed E-state index contributed by atoms with van der Waals surface area (Å²) in [6, 6.07) is 19.0. The summed E-state index contributed by atoms with van der Waals surface area (Å²) in [5, 5.41) is 10.7. The zero-order chi connectivity index (χ0) is 38.7. The number of anilines is 2. The van der Waals surface area contributed by atoms with Crippen LogP contribution in [0.2, 0.25) is 10.0 Å². The van der Waals surface area contributed by atoms with Crippen molar-refractivity contribution in [3.8, 4) is 0 Å². The molecule has 9 nitrogen and oxygen atoms in total. The maximum absolute atomic E-state index is 14.0. The molecule has 15 heteroatoms. The Bertz CT molecular complexity index is 1710. The number of hydrogen-bond acceptors (Lipinski definition) is 5. The summed E-state index contributed by atoms with van der Waals surface area (Å²) in [6.45, 7) is 5.89. The Kier molecular flexibility index (Phi) is 15.1. The number of nitrogens with zero attached hydrogens (tertiary/aromatic N) is 3. The second-order valence-electron chi connectivity index (χ2n) is 13.2. The van der Waals surface area contributed by atoms with Gasteiger partial charge in [0.2, 0.25) is 11.8 Å². The normalized spacial score (nSPS) is 15.6. The fourth-order valence-electron chi connectivity index (χ4n) is 6.47. The van der Waals surface area contributed by atoms with Crippen LogP contribution in [-0.2, 0) is 20.8 Å². The first kappa shape index (κ1) is 41.6. The molecule has 5 rings (SSSR count). The van der Waals surface area contributed by atoms with Crippen molar-refractivity contribution in [2.75, 3.05) is 49.5 Å². The number of nitrogens with one attached hydrogen (secondary N) is 1. The van der Waals surface area contributed by atoms with Crippen LogP contribution in [0.4, 0.5) is 28.9 Å². The highest BCUT2D eigenvalue weighted by Crippen LogP contribution is 2.31. The molecule has 53 heavy (non-hydrogen) atoms. The van der Waals surface area contributed by atoms with Gasteiger partial charge in [-0.3, -0.25) is 14.4 Å². The van der Waals surface area contributed by atoms with Crippen LogP contribution >= 0.6 is 23.2 Å². The van der Waals surface area contributed by atoms with Crippen LogP contribution < -0.4 is 10.2 Å². The summed E-state index contributed by atoms with van der Waals surface area (Å²) in [5.41, 5.74) is 3.11. The lowest BCUT2D eigenvalue weighted by atomic mass is 9.90. The second-order valence-corrected chi connectivity index (χ2v) is 14.0. The van der Waals surface area contributed by atoms with Crippen molar-refractivity contribution in [1.29, 1.82) is 0 Å². The van der Waals surface area contributed by atoms with Crippen molar-refractivity contribution < 1.29 is 41.8 Å². The lowest BCUT2D eigenvalue weighted by Gasteiger charge is -2.35. The number of piperidine rings is 2. The number of rotatable bonds is 10. The third kappa shape index (κ3) is 12.7. The molecule has 3 aromatic carbocycles. The SMILES string of the molecule is CC(=O)Nc1ccc(C(=O)N2CCC(C(=O)N(CCCN3CCC(Cc4ccc(F)cc4)CC3)c3ccc(Cl)c(Cl)c3)CC2)cc1.O=C(O)C(F)(F)F. The number of carboxylic acids is 1. The largest absolute Gasteiger partial charge is 0.490 e. The molecule has 3 amide bonds. The molecule has 0 aliphatic carbocycles. The monoisotopic (exact) mass is 780 g/mol. The van der Waals surface area contributed by atoms with Crippen molar-refractivity contribution >= 4 is 58.3 Å². The van der Waals surface area contributed by atoms with Gasteiger partial charge in [-0.2, -0.15) is 13.2 Å². The van der Waals surface area contributed by atoms with Gasteiger partial charge in [0, 0.05) is 49.4 Å². The van der Waals surface area contributed by atoms with Gasteiger partial charge in [-0.1, -0.05) is 35.3 Å². The van der Waals surface area contributed by atoms with Crippen molar-refractivity contribution in [2.24, 2.45) is 11.8 Å². The average molecular weight is 782 g/mol. The van der Waals surface area contributed by atoms with Gasteiger partial charge in [0.05, 0.1) is 10.0 Å². The van der Waals surface area contributed by atoms with Crippen molar-refractivity contribution in [1.82, 2.24) is 9.80 Å². The molecule has 3 aromatic rings. The quantitative estimate of drug-likeness (QED) is 0.202. The lowest BCUT2D eigenvalue weighted by molar-refractivity contribution is -0.192. The van der Waals surface area contributed by atoms with Crippen LogP contribution in [0.15, 0.2) is 66.7 Å². The molecule has 2 aliphatic rings. The summed E-state index contributed by atoms with van der Waals surface area (Å²) in [5.74, 6) is -2.77. The maximum Gasteiger partial charge on any atom is 0.490 e. The van der Waals surface area contributed by atoms with Gasteiger partial charge in [0.15, 0.2) is 0 Å². The van der Waals surface area contributed by atoms with Gasteiger partial charge in [-0.05, 0) is 124 Å². The molecule has 0 unspecified atom stereocenters. The molecule has 286 valence electrons. The molecule has 0 bridgehead atoms. The van der Waals surface area contributed by atoms with E-state index >= 15 is 0 Å². The van der Waals surface area contributed by atoms with Crippen LogP contribution in [0.1, 0.15) is 54.9 Å². The first-order valence-electron chi connectivity index (χ1n) is 17.3. The van der Waals surface area contributed by atoms with E-state index in [2.05, 4.69) is 10.2 Å². The third-order valence-electron chi connectivity index (χ3n) is 9.31. The number of hydrogen-bond donors (Lipinski definition) is 2. The molecule has 0 spiro atoms. The predicted octanol–water partition coefficient (Wildman–Crippen LogP) is 7.95. The number of carbonyl (C=O) groups excluding carboxylic acids is 3. The number of carboxylic acid groups (broad SMARTS) is 1. The first-order valence-corrected chi connectivity index (χ1v) is 18.1. The van der Waals surface area contributed by atoms with Crippen molar-refractivity contribution in [3.05, 3.63) is 93.7 Å². The summed E-state index contributed by atoms with van der Waals surface area (Å²) >= 11 is 12.6. The maximum atomic E-state index is 14.0. The zero-order valence-electron chi connectivity index (χ0n) is 29.2. The molecule has 0 aromatic heterocycles. The fourth-order valence-corrected chi connectivity index (χ4v) is 6.76. The van der Waals surface area contributed by atoms with E-state index < -0.39 is 12.1 Å². The minimum absolute atomic E-state index is 0.0446. The van der Waals surface area contributed by atoms with Gasteiger partial charge < -0.3 is 25.1 Å². The van der Waals surface area contributed by atoms with Gasteiger partial charge in [-0.15, -0.1) is 0 Å². The standard InChI is InChI=1S/C36H41Cl2FN4O3.C2HF3O2/c1-25(44)40-31-9-5-28(6-10-31)35(45)42-21-15-29(16-22-42)36(46)43(32-11-12-33(37)34(38)24-32)18-2-17-41-19-13-27(14-20-41)23-26-3-7-30(39)8-4-26;3-2(4,5)1(6)7/h3-12,24,27,29H,2,13-23H2,1H3,(H,40,44);(H,6,7). The highest BCUT2D eigenvalue weighted by molar-refractivity contribution is 6.42. The van der Waals surface area contributed by atoms with E-state index in [0.717, 1.165) is 51.0 Å². The molecule has 2 saturated heterocycles. The van der Waals surface area contributed by atoms with Gasteiger partial charge in [-0.25, -0.2) is 9.18 Å². The average Bonchev–Trinajstić information content (AvgIpc) is 3.12. The number of alkyl halides is 3. The number of benzene rings is 3. The molecule has 2 fully saturated rings. The number of carbonyl (C=O) groups is 4. The third-order valence-corrected chi connectivity index (χ3v) is 10.0. The Morgan fingerprint density at radius 1 is 0.868 bits per heavy atom. The first-order chi connectivity index (χ1) is 25.1. The number of aliphatic carboxylic acids is 1. The Hall–Kier alpha value is -4.20. The van der Waals surface area contributed by atoms with Crippen LogP contribution in [0, 0.1) is 17.7 Å². The van der Waals surface area contributed by atoms with E-state index in [0.29, 0.717) is 59.7 Å². The smallest absolute Gasteiger partial charge is 0.475 e. The van der Waals surface area contributed by atoms with E-state index in [-0.39, 0.29) is 29.5 Å². The van der Waals surface area contributed by atoms with Gasteiger partial charge >= 0.3 is 12.1 Å². The second kappa shape index (κ2) is 19.2. The van der Waals surface area contributed by atoms with Gasteiger partial charge in [0.1, 0.15) is 5.82 Å². The molecule has 0 atom stereocenters. The van der Waals surface area contributed by atoms with E-state index in [1.807, 2.05) is 23.1 Å². The van der Waals surface area contributed by atoms with E-state index in [4.69, 9.17) is 33.1 Å². The summed E-state index contributed by atoms with van der Waals surface area (Å²) in [4.78, 5) is 53.4. The number of amides is 3. The summed E-state index contributed by atoms with van der Waals surface area (Å²) in [6.07, 6.45) is 0.0679. The Morgan fingerprint density at radius 3 is 2.02 bits per heavy atom. The highest BCUT2D eigenvalue weighted by atomic mass is 35.5. The predicted molar refractivity (Wildman–Crippen MR) is 196 cm³/mol.